The molecule has 3 unspecified atom stereocenters. The molecule has 2 bridgehead atoms. The van der Waals surface area contributed by atoms with E-state index in [0.29, 0.717) is 49.8 Å². The van der Waals surface area contributed by atoms with Gasteiger partial charge in [0.1, 0.15) is 11.6 Å². The first-order chi connectivity index (χ1) is 16.9. The first-order valence-corrected chi connectivity index (χ1v) is 12.9. The van der Waals surface area contributed by atoms with Crippen molar-refractivity contribution in [1.82, 2.24) is 19.2 Å². The maximum atomic E-state index is 14.2. The van der Waals surface area contributed by atoms with Crippen molar-refractivity contribution in [2.75, 3.05) is 19.8 Å². The largest absolute Gasteiger partial charge is 0.390 e. The van der Waals surface area contributed by atoms with Crippen LogP contribution in [0.25, 0.3) is 0 Å². The molecule has 0 amide bonds. The van der Waals surface area contributed by atoms with Gasteiger partial charge in [0.05, 0.1) is 25.4 Å². The summed E-state index contributed by atoms with van der Waals surface area (Å²) in [6.07, 6.45) is 4.97. The van der Waals surface area contributed by atoms with Crippen molar-refractivity contribution >= 4 is 0 Å². The molecule has 0 radical (unpaired) electrons. The van der Waals surface area contributed by atoms with Crippen LogP contribution in [0.3, 0.4) is 0 Å². The van der Waals surface area contributed by atoms with Gasteiger partial charge in [0.25, 0.3) is 0 Å². The number of fused-ring (bicyclic) bond motifs is 2. The van der Waals surface area contributed by atoms with Gasteiger partial charge in [0.15, 0.2) is 0 Å². The molecule has 0 aliphatic carbocycles. The third-order valence-electron chi connectivity index (χ3n) is 8.06. The molecule has 3 atom stereocenters. The third kappa shape index (κ3) is 5.23. The highest BCUT2D eigenvalue weighted by Gasteiger charge is 2.41. The SMILES string of the molecule is Cc1cccc(F)c1COC1CC2CCC(C1)N2CC(O)Cn1nc(C)n(C2CCOCC2)c1=O. The van der Waals surface area contributed by atoms with Crippen LogP contribution in [0.5, 0.6) is 0 Å². The number of hydrogen-bond donors (Lipinski definition) is 1. The molecule has 35 heavy (non-hydrogen) atoms. The Kier molecular flexibility index (Phi) is 7.39. The number of nitrogens with zero attached hydrogens (tertiary/aromatic N) is 4. The second-order valence-electron chi connectivity index (χ2n) is 10.4. The minimum atomic E-state index is -0.674. The molecule has 8 nitrogen and oxygen atoms in total. The quantitative estimate of drug-likeness (QED) is 0.616. The summed E-state index contributed by atoms with van der Waals surface area (Å²) in [5, 5.41) is 15.3. The zero-order valence-electron chi connectivity index (χ0n) is 20.7. The highest BCUT2D eigenvalue weighted by atomic mass is 19.1. The number of rotatable bonds is 8. The van der Waals surface area contributed by atoms with E-state index in [-0.39, 0.29) is 30.2 Å². The van der Waals surface area contributed by atoms with E-state index >= 15 is 0 Å². The Morgan fingerprint density at radius 3 is 2.51 bits per heavy atom. The van der Waals surface area contributed by atoms with Crippen LogP contribution >= 0.6 is 0 Å². The Labute approximate surface area is 205 Å². The van der Waals surface area contributed by atoms with Crippen LogP contribution in [0, 0.1) is 19.7 Å². The van der Waals surface area contributed by atoms with E-state index in [0.717, 1.165) is 44.1 Å². The highest BCUT2D eigenvalue weighted by molar-refractivity contribution is 5.26. The summed E-state index contributed by atoms with van der Waals surface area (Å²) < 4.78 is 28.9. The molecule has 3 fully saturated rings. The number of hydrogen-bond acceptors (Lipinski definition) is 6. The predicted octanol–water partition coefficient (Wildman–Crippen LogP) is 2.73. The summed E-state index contributed by atoms with van der Waals surface area (Å²) in [7, 11) is 0. The average molecular weight is 489 g/mol. The van der Waals surface area contributed by atoms with E-state index in [1.165, 1.54) is 10.7 Å². The third-order valence-corrected chi connectivity index (χ3v) is 8.06. The first-order valence-electron chi connectivity index (χ1n) is 12.9. The van der Waals surface area contributed by atoms with Crippen LogP contribution in [0.15, 0.2) is 23.0 Å². The second-order valence-corrected chi connectivity index (χ2v) is 10.4. The van der Waals surface area contributed by atoms with Gasteiger partial charge in [0.2, 0.25) is 0 Å². The van der Waals surface area contributed by atoms with Crippen LogP contribution in [0.1, 0.15) is 61.5 Å². The highest BCUT2D eigenvalue weighted by Crippen LogP contribution is 2.37. The zero-order chi connectivity index (χ0) is 24.5. The van der Waals surface area contributed by atoms with Crippen LogP contribution < -0.4 is 5.69 Å². The lowest BCUT2D eigenvalue weighted by Crippen LogP contribution is -2.49. The van der Waals surface area contributed by atoms with Crippen LogP contribution in [-0.4, -0.2) is 68.4 Å². The summed E-state index contributed by atoms with van der Waals surface area (Å²) >= 11 is 0. The molecule has 9 heteroatoms. The minimum Gasteiger partial charge on any atom is -0.390 e. The summed E-state index contributed by atoms with van der Waals surface area (Å²) in [5.74, 6) is 0.482. The number of piperidine rings is 1. The molecule has 3 aliphatic rings. The van der Waals surface area contributed by atoms with Crippen LogP contribution in [0.2, 0.25) is 0 Å². The lowest BCUT2D eigenvalue weighted by Gasteiger charge is -2.39. The molecule has 0 saturated carbocycles. The monoisotopic (exact) mass is 488 g/mol. The second kappa shape index (κ2) is 10.5. The van der Waals surface area contributed by atoms with Crippen LogP contribution in [0.4, 0.5) is 4.39 Å². The summed E-state index contributed by atoms with van der Waals surface area (Å²) in [6, 6.07) is 5.92. The van der Waals surface area contributed by atoms with E-state index in [1.54, 1.807) is 10.6 Å². The molecule has 3 aliphatic heterocycles. The van der Waals surface area contributed by atoms with E-state index in [1.807, 2.05) is 19.9 Å². The Bertz CT molecular complexity index is 1050. The number of aliphatic hydroxyl groups excluding tert-OH is 1. The molecule has 0 spiro atoms. The van der Waals surface area contributed by atoms with Gasteiger partial charge in [0, 0.05) is 43.4 Å². The van der Waals surface area contributed by atoms with Crippen molar-refractivity contribution in [2.45, 2.75) is 95.9 Å². The van der Waals surface area contributed by atoms with Gasteiger partial charge in [-0.25, -0.2) is 13.9 Å². The molecule has 1 N–H and O–H groups in total. The molecule has 3 saturated heterocycles. The van der Waals surface area contributed by atoms with E-state index in [9.17, 15) is 14.3 Å². The molecular weight excluding hydrogens is 451 g/mol. The molecule has 4 heterocycles. The number of aromatic nitrogens is 3. The van der Waals surface area contributed by atoms with Crippen molar-refractivity contribution < 1.29 is 19.0 Å². The predicted molar refractivity (Wildman–Crippen MR) is 129 cm³/mol. The standard InChI is InChI=1S/C26H37FN4O4/c1-17-4-3-5-25(27)24(17)16-35-23-12-20-6-7-21(13-23)29(20)14-22(32)15-30-26(33)31(18(2)28-30)19-8-10-34-11-9-19/h3-5,19-23,32H,6-16H2,1-2H3. The topological polar surface area (TPSA) is 81.8 Å². The van der Waals surface area contributed by atoms with Crippen molar-refractivity contribution in [3.8, 4) is 0 Å². The van der Waals surface area contributed by atoms with Crippen molar-refractivity contribution in [1.29, 1.82) is 0 Å². The number of aryl methyl sites for hydroxylation is 2. The lowest BCUT2D eigenvalue weighted by atomic mass is 9.99. The fourth-order valence-corrected chi connectivity index (χ4v) is 6.22. The average Bonchev–Trinajstić information content (AvgIpc) is 3.23. The molecule has 192 valence electrons. The fraction of sp³-hybridized carbons (Fsp3) is 0.692. The van der Waals surface area contributed by atoms with Gasteiger partial charge in [-0.1, -0.05) is 12.1 Å². The molecule has 1 aromatic carbocycles. The van der Waals surface area contributed by atoms with Crippen molar-refractivity contribution in [3.05, 3.63) is 51.5 Å². The van der Waals surface area contributed by atoms with Gasteiger partial charge < -0.3 is 14.6 Å². The molecule has 1 aromatic heterocycles. The Hall–Kier alpha value is -2.07. The number of ether oxygens (including phenoxy) is 2. The van der Waals surface area contributed by atoms with Crippen molar-refractivity contribution in [2.24, 2.45) is 0 Å². The summed E-state index contributed by atoms with van der Waals surface area (Å²) in [5.41, 5.74) is 1.41. The Morgan fingerprint density at radius 2 is 1.83 bits per heavy atom. The first kappa shape index (κ1) is 24.6. The summed E-state index contributed by atoms with van der Waals surface area (Å²) in [6.45, 7) is 6.09. The number of benzene rings is 1. The normalized spacial score (nSPS) is 26.3. The lowest BCUT2D eigenvalue weighted by molar-refractivity contribution is -0.0410. The van der Waals surface area contributed by atoms with E-state index in [2.05, 4.69) is 10.00 Å². The smallest absolute Gasteiger partial charge is 0.346 e. The zero-order valence-corrected chi connectivity index (χ0v) is 20.7. The maximum absolute atomic E-state index is 14.2. The Morgan fingerprint density at radius 1 is 1.11 bits per heavy atom. The van der Waals surface area contributed by atoms with E-state index < -0.39 is 6.10 Å². The minimum absolute atomic E-state index is 0.0975. The molecule has 2 aromatic rings. The van der Waals surface area contributed by atoms with Gasteiger partial charge in [-0.15, -0.1) is 0 Å². The number of halogens is 1. The van der Waals surface area contributed by atoms with Crippen molar-refractivity contribution in [3.63, 3.8) is 0 Å². The summed E-state index contributed by atoms with van der Waals surface area (Å²) in [4.78, 5) is 15.4. The van der Waals surface area contributed by atoms with Gasteiger partial charge in [-0.05, 0) is 64.0 Å². The van der Waals surface area contributed by atoms with Gasteiger partial charge in [-0.3, -0.25) is 9.47 Å². The fourth-order valence-electron chi connectivity index (χ4n) is 6.22. The van der Waals surface area contributed by atoms with Crippen LogP contribution in [-0.2, 0) is 22.6 Å². The maximum Gasteiger partial charge on any atom is 0.346 e. The van der Waals surface area contributed by atoms with Gasteiger partial charge in [-0.2, -0.15) is 5.10 Å². The molecule has 5 rings (SSSR count). The Balaban J connectivity index is 1.16. The number of aliphatic hydroxyl groups is 1. The molecular formula is C26H37FN4O4. The van der Waals surface area contributed by atoms with Gasteiger partial charge >= 0.3 is 5.69 Å². The van der Waals surface area contributed by atoms with E-state index in [4.69, 9.17) is 9.47 Å².